The molecule has 0 saturated heterocycles. The summed E-state index contributed by atoms with van der Waals surface area (Å²) in [6, 6.07) is 6.87. The highest BCUT2D eigenvalue weighted by Gasteiger charge is 2.05. The van der Waals surface area contributed by atoms with Crippen molar-refractivity contribution in [1.82, 2.24) is 0 Å². The summed E-state index contributed by atoms with van der Waals surface area (Å²) in [6.07, 6.45) is 0.0159. The van der Waals surface area contributed by atoms with Gasteiger partial charge in [-0.1, -0.05) is 29.8 Å². The van der Waals surface area contributed by atoms with Crippen LogP contribution < -0.4 is 0 Å². The van der Waals surface area contributed by atoms with Crippen LogP contribution in [-0.4, -0.2) is 15.3 Å². The number of benzene rings is 1. The maximum Gasteiger partial charge on any atom is 0.314 e. The Morgan fingerprint density at radius 3 is 2.31 bits per heavy atom. The van der Waals surface area contributed by atoms with Gasteiger partial charge in [0.25, 0.3) is 0 Å². The Hall–Kier alpha value is -1.35. The summed E-state index contributed by atoms with van der Waals surface area (Å²) in [6.45, 7) is 0. The molecule has 3 nitrogen and oxygen atoms in total. The van der Waals surface area contributed by atoms with Gasteiger partial charge < -0.3 is 15.3 Å². The van der Waals surface area contributed by atoms with Crippen LogP contribution in [0, 0.1) is 0 Å². The zero-order chi connectivity index (χ0) is 9.84. The van der Waals surface area contributed by atoms with Crippen molar-refractivity contribution in [3.8, 4) is 0 Å². The predicted octanol–water partition coefficient (Wildman–Crippen LogP) is 2.73. The quantitative estimate of drug-likeness (QED) is 0.644. The molecule has 0 aromatic heterocycles. The Balaban J connectivity index is 2.87. The molecule has 0 aliphatic heterocycles. The second kappa shape index (κ2) is 4.05. The second-order valence-electron chi connectivity index (χ2n) is 2.54. The van der Waals surface area contributed by atoms with Crippen LogP contribution in [-0.2, 0) is 6.42 Å². The van der Waals surface area contributed by atoms with Gasteiger partial charge in [0.05, 0.1) is 0 Å². The monoisotopic (exact) mass is 200 g/mol. The van der Waals surface area contributed by atoms with E-state index in [1.54, 1.807) is 24.3 Å². The number of halogens is 1. The molecule has 13 heavy (non-hydrogen) atoms. The summed E-state index contributed by atoms with van der Waals surface area (Å²) in [5.41, 5.74) is 0.641. The number of hydrogen-bond acceptors (Lipinski definition) is 3. The van der Waals surface area contributed by atoms with Crippen molar-refractivity contribution in [2.45, 2.75) is 6.42 Å². The molecule has 0 amide bonds. The lowest BCUT2D eigenvalue weighted by atomic mass is 10.1. The van der Waals surface area contributed by atoms with E-state index in [0.717, 1.165) is 0 Å². The summed E-state index contributed by atoms with van der Waals surface area (Å²) >= 11 is 5.78. The molecular weight excluding hydrogens is 192 g/mol. The van der Waals surface area contributed by atoms with Crippen molar-refractivity contribution < 1.29 is 15.3 Å². The lowest BCUT2D eigenvalue weighted by Gasteiger charge is -2.02. The minimum Gasteiger partial charge on any atom is -0.505 e. The minimum absolute atomic E-state index is 0.0159. The third-order valence-electron chi connectivity index (χ3n) is 1.57. The SMILES string of the molecule is OC(O)=C(O)Cc1ccccc1Cl. The lowest BCUT2D eigenvalue weighted by Crippen LogP contribution is -1.95. The fourth-order valence-electron chi connectivity index (χ4n) is 0.901. The van der Waals surface area contributed by atoms with Crippen LogP contribution in [0.25, 0.3) is 0 Å². The average molecular weight is 201 g/mol. The normalized spacial score (nSPS) is 9.62. The van der Waals surface area contributed by atoms with E-state index >= 15 is 0 Å². The van der Waals surface area contributed by atoms with Gasteiger partial charge in [0.2, 0.25) is 0 Å². The Morgan fingerprint density at radius 2 is 1.77 bits per heavy atom. The smallest absolute Gasteiger partial charge is 0.314 e. The predicted molar refractivity (Wildman–Crippen MR) is 50.1 cm³/mol. The van der Waals surface area contributed by atoms with Gasteiger partial charge in [-0.05, 0) is 11.6 Å². The molecule has 70 valence electrons. The van der Waals surface area contributed by atoms with Gasteiger partial charge in [-0.25, -0.2) is 0 Å². The standard InChI is InChI=1S/C9H9ClO3/c10-7-4-2-1-3-6(7)5-8(11)9(12)13/h1-4,11-13H,5H2. The van der Waals surface area contributed by atoms with Gasteiger partial charge in [0, 0.05) is 11.4 Å². The van der Waals surface area contributed by atoms with E-state index in [4.69, 9.17) is 26.9 Å². The Bertz CT molecular complexity index is 329. The first-order chi connectivity index (χ1) is 6.11. The summed E-state index contributed by atoms with van der Waals surface area (Å²) in [7, 11) is 0. The topological polar surface area (TPSA) is 60.7 Å². The molecule has 0 atom stereocenters. The average Bonchev–Trinajstić information content (AvgIpc) is 2.08. The Morgan fingerprint density at radius 1 is 1.15 bits per heavy atom. The highest BCUT2D eigenvalue weighted by Crippen LogP contribution is 2.17. The molecule has 3 N–H and O–H groups in total. The number of aliphatic hydroxyl groups excluding tert-OH is 2. The van der Waals surface area contributed by atoms with Crippen molar-refractivity contribution in [1.29, 1.82) is 0 Å². The van der Waals surface area contributed by atoms with Crippen LogP contribution in [0.4, 0.5) is 0 Å². The van der Waals surface area contributed by atoms with Crippen LogP contribution in [0.3, 0.4) is 0 Å². The first kappa shape index (κ1) is 9.74. The molecule has 0 radical (unpaired) electrons. The van der Waals surface area contributed by atoms with Crippen molar-refractivity contribution in [2.75, 3.05) is 0 Å². The Labute approximate surface area is 80.5 Å². The van der Waals surface area contributed by atoms with E-state index < -0.39 is 11.7 Å². The summed E-state index contributed by atoms with van der Waals surface area (Å²) < 4.78 is 0. The first-order valence-electron chi connectivity index (χ1n) is 3.64. The van der Waals surface area contributed by atoms with Crippen molar-refractivity contribution in [2.24, 2.45) is 0 Å². The van der Waals surface area contributed by atoms with E-state index in [-0.39, 0.29) is 6.42 Å². The zero-order valence-electron chi connectivity index (χ0n) is 6.74. The molecule has 0 spiro atoms. The lowest BCUT2D eigenvalue weighted by molar-refractivity contribution is 0.156. The molecule has 0 bridgehead atoms. The van der Waals surface area contributed by atoms with E-state index in [0.29, 0.717) is 10.6 Å². The third-order valence-corrected chi connectivity index (χ3v) is 1.94. The van der Waals surface area contributed by atoms with Crippen LogP contribution in [0.1, 0.15) is 5.56 Å². The largest absolute Gasteiger partial charge is 0.505 e. The van der Waals surface area contributed by atoms with Crippen LogP contribution in [0.5, 0.6) is 0 Å². The van der Waals surface area contributed by atoms with Gasteiger partial charge in [-0.3, -0.25) is 0 Å². The van der Waals surface area contributed by atoms with Gasteiger partial charge in [-0.2, -0.15) is 0 Å². The maximum absolute atomic E-state index is 9.03. The molecule has 0 unspecified atom stereocenters. The van der Waals surface area contributed by atoms with E-state index in [1.807, 2.05) is 0 Å². The maximum atomic E-state index is 9.03. The van der Waals surface area contributed by atoms with Crippen LogP contribution >= 0.6 is 11.6 Å². The van der Waals surface area contributed by atoms with E-state index in [1.165, 1.54) is 0 Å². The summed E-state index contributed by atoms with van der Waals surface area (Å²) in [5.74, 6) is -1.56. The second-order valence-corrected chi connectivity index (χ2v) is 2.95. The summed E-state index contributed by atoms with van der Waals surface area (Å²) in [5, 5.41) is 26.5. The molecule has 1 aromatic rings. The minimum atomic E-state index is -1.07. The fraction of sp³-hybridized carbons (Fsp3) is 0.111. The molecule has 0 saturated carbocycles. The number of aliphatic hydroxyl groups is 3. The number of hydrogen-bond donors (Lipinski definition) is 3. The van der Waals surface area contributed by atoms with Gasteiger partial charge in [-0.15, -0.1) is 0 Å². The van der Waals surface area contributed by atoms with Crippen molar-refractivity contribution >= 4 is 11.6 Å². The van der Waals surface area contributed by atoms with Gasteiger partial charge in [0.1, 0.15) is 0 Å². The molecule has 0 aliphatic rings. The van der Waals surface area contributed by atoms with E-state index in [9.17, 15) is 0 Å². The molecule has 0 fully saturated rings. The highest BCUT2D eigenvalue weighted by molar-refractivity contribution is 6.31. The molecular formula is C9H9ClO3. The Kier molecular flexibility index (Phi) is 3.03. The highest BCUT2D eigenvalue weighted by atomic mass is 35.5. The third kappa shape index (κ3) is 2.56. The van der Waals surface area contributed by atoms with Crippen molar-refractivity contribution in [3.63, 3.8) is 0 Å². The molecule has 4 heteroatoms. The zero-order valence-corrected chi connectivity index (χ0v) is 7.49. The molecule has 0 heterocycles. The molecule has 0 aliphatic carbocycles. The number of rotatable bonds is 2. The number of allylic oxidation sites excluding steroid dienone is 1. The first-order valence-corrected chi connectivity index (χ1v) is 4.02. The van der Waals surface area contributed by atoms with Crippen LogP contribution in [0.15, 0.2) is 36.0 Å². The van der Waals surface area contributed by atoms with E-state index in [2.05, 4.69) is 0 Å². The van der Waals surface area contributed by atoms with Crippen molar-refractivity contribution in [3.05, 3.63) is 46.6 Å². The van der Waals surface area contributed by atoms with Crippen LogP contribution in [0.2, 0.25) is 5.02 Å². The summed E-state index contributed by atoms with van der Waals surface area (Å²) in [4.78, 5) is 0. The molecule has 1 rings (SSSR count). The fourth-order valence-corrected chi connectivity index (χ4v) is 1.10. The van der Waals surface area contributed by atoms with Gasteiger partial charge >= 0.3 is 5.95 Å². The van der Waals surface area contributed by atoms with Gasteiger partial charge in [0.15, 0.2) is 5.76 Å². The molecule has 1 aromatic carbocycles.